The number of Topliss-reactive ketones (excluding diaryl/α,β-unsaturated/α-hetero) is 1. The summed E-state index contributed by atoms with van der Waals surface area (Å²) in [6.07, 6.45) is -2.78. The van der Waals surface area contributed by atoms with Crippen molar-refractivity contribution in [1.29, 1.82) is 5.26 Å². The van der Waals surface area contributed by atoms with Crippen LogP contribution >= 0.6 is 23.8 Å². The van der Waals surface area contributed by atoms with Crippen molar-refractivity contribution in [3.8, 4) is 11.8 Å². The Kier molecular flexibility index (Phi) is 13.1. The fraction of sp³-hybridized carbons (Fsp3) is 0.455. The van der Waals surface area contributed by atoms with E-state index in [0.717, 1.165) is 46.8 Å². The number of halogens is 4. The molecule has 0 spiro atoms. The van der Waals surface area contributed by atoms with Crippen molar-refractivity contribution >= 4 is 63.8 Å². The molecule has 1 N–H and O–H groups in total. The molecule has 0 aliphatic carbocycles. The molecule has 0 aromatic heterocycles. The number of piperidine rings is 1. The van der Waals surface area contributed by atoms with E-state index in [1.807, 2.05) is 39.0 Å². The first-order valence-electron chi connectivity index (χ1n) is 19.9. The van der Waals surface area contributed by atoms with Gasteiger partial charge < -0.3 is 9.64 Å². The second-order valence-corrected chi connectivity index (χ2v) is 17.3. The lowest BCUT2D eigenvalue weighted by Crippen LogP contribution is -2.58. The van der Waals surface area contributed by atoms with Crippen molar-refractivity contribution < 1.29 is 37.1 Å². The number of thiocarbonyl (C=S) groups is 1. The third kappa shape index (κ3) is 9.37. The van der Waals surface area contributed by atoms with Crippen LogP contribution in [0, 0.1) is 17.2 Å². The van der Waals surface area contributed by atoms with Crippen LogP contribution in [0.15, 0.2) is 54.6 Å². The number of nitrogens with zero attached hydrogens (tertiary/aromatic N) is 5. The molecule has 318 valence electrons. The Balaban J connectivity index is 1.03. The molecule has 3 amide bonds. The van der Waals surface area contributed by atoms with E-state index in [9.17, 15) is 37.6 Å². The number of benzene rings is 3. The van der Waals surface area contributed by atoms with Gasteiger partial charge in [-0.15, -0.1) is 0 Å². The summed E-state index contributed by atoms with van der Waals surface area (Å²) in [4.78, 5) is 58.5. The maximum atomic E-state index is 13.8. The van der Waals surface area contributed by atoms with Crippen LogP contribution in [0.4, 0.5) is 24.5 Å². The third-order valence-corrected chi connectivity index (χ3v) is 12.3. The van der Waals surface area contributed by atoms with Gasteiger partial charge in [0, 0.05) is 62.2 Å². The van der Waals surface area contributed by atoms with Crippen molar-refractivity contribution in [1.82, 2.24) is 15.1 Å². The minimum atomic E-state index is -4.80. The molecular formula is C44H48ClF3N6O5S. The molecular weight excluding hydrogens is 817 g/mol. The van der Waals surface area contributed by atoms with Gasteiger partial charge in [-0.1, -0.05) is 24.6 Å². The number of hydrogen-bond acceptors (Lipinski definition) is 9. The highest BCUT2D eigenvalue weighted by molar-refractivity contribution is 7.81. The van der Waals surface area contributed by atoms with Gasteiger partial charge in [0.15, 0.2) is 10.9 Å². The maximum Gasteiger partial charge on any atom is 0.417 e. The average Bonchev–Trinajstić information content (AvgIpc) is 3.37. The van der Waals surface area contributed by atoms with E-state index in [2.05, 4.69) is 15.1 Å². The van der Waals surface area contributed by atoms with E-state index < -0.39 is 34.3 Å². The van der Waals surface area contributed by atoms with Crippen LogP contribution in [0.3, 0.4) is 0 Å². The first-order valence-corrected chi connectivity index (χ1v) is 20.7. The van der Waals surface area contributed by atoms with E-state index >= 15 is 0 Å². The van der Waals surface area contributed by atoms with Crippen LogP contribution in [0.25, 0.3) is 0 Å². The Bertz CT molecular complexity index is 2250. The minimum Gasteiger partial charge on any atom is -0.492 e. The van der Waals surface area contributed by atoms with Crippen LogP contribution in [-0.2, 0) is 44.6 Å². The van der Waals surface area contributed by atoms with Crippen molar-refractivity contribution in [3.05, 3.63) is 87.4 Å². The van der Waals surface area contributed by atoms with E-state index in [1.54, 1.807) is 43.0 Å². The molecule has 3 aliphatic heterocycles. The first kappa shape index (κ1) is 44.7. The predicted molar refractivity (Wildman–Crippen MR) is 226 cm³/mol. The largest absolute Gasteiger partial charge is 0.492 e. The molecule has 3 saturated heterocycles. The lowest BCUT2D eigenvalue weighted by Gasteiger charge is -2.43. The number of nitrogens with one attached hydrogen (secondary N) is 1. The summed E-state index contributed by atoms with van der Waals surface area (Å²) in [7, 11) is 0. The molecule has 60 heavy (non-hydrogen) atoms. The molecule has 11 nitrogen and oxygen atoms in total. The molecule has 0 saturated carbocycles. The quantitative estimate of drug-likeness (QED) is 0.144. The Morgan fingerprint density at radius 1 is 1.00 bits per heavy atom. The van der Waals surface area contributed by atoms with E-state index in [0.29, 0.717) is 68.4 Å². The molecule has 0 bridgehead atoms. The molecule has 1 unspecified atom stereocenters. The molecule has 3 aromatic carbocycles. The summed E-state index contributed by atoms with van der Waals surface area (Å²) in [6, 6.07) is 15.7. The van der Waals surface area contributed by atoms with Crippen LogP contribution < -0.4 is 19.9 Å². The average molecular weight is 865 g/mol. The lowest BCUT2D eigenvalue weighted by atomic mass is 9.88. The number of alkyl halides is 3. The van der Waals surface area contributed by atoms with Gasteiger partial charge in [-0.05, 0) is 124 Å². The number of carbonyl (C=O) groups is 4. The third-order valence-electron chi connectivity index (χ3n) is 11.8. The normalized spacial score (nSPS) is 19.1. The van der Waals surface area contributed by atoms with Gasteiger partial charge in [0.25, 0.3) is 5.91 Å². The Morgan fingerprint density at radius 3 is 2.33 bits per heavy atom. The molecule has 3 aliphatic rings. The number of ketones is 1. The zero-order valence-electron chi connectivity index (χ0n) is 34.2. The highest BCUT2D eigenvalue weighted by Gasteiger charge is 2.51. The van der Waals surface area contributed by atoms with Gasteiger partial charge in [0.2, 0.25) is 11.8 Å². The number of imide groups is 1. The SMILES string of the molecule is CCc1cc(N2C(=S)N(c3ccc(C#N)c(C(F)(F)F)c3)C(=O)C2(C)C)ccc1OCCN1CCN(C(C)(C)C(=O)Cc2cc(Cl)cc(CC3CCC(=O)NC3=O)c2)CC1. The number of nitriles is 1. The number of ether oxygens (including phenoxy) is 1. The zero-order chi connectivity index (χ0) is 43.7. The second-order valence-electron chi connectivity index (χ2n) is 16.5. The highest BCUT2D eigenvalue weighted by Crippen LogP contribution is 2.41. The number of anilines is 2. The van der Waals surface area contributed by atoms with Crippen LogP contribution in [0.5, 0.6) is 5.75 Å². The minimum absolute atomic E-state index is 0.0169. The Labute approximate surface area is 358 Å². The molecule has 3 aromatic rings. The summed E-state index contributed by atoms with van der Waals surface area (Å²) in [5.41, 5.74) is -0.627. The number of piperazine rings is 1. The fourth-order valence-electron chi connectivity index (χ4n) is 8.13. The van der Waals surface area contributed by atoms with Gasteiger partial charge in [-0.2, -0.15) is 18.4 Å². The van der Waals surface area contributed by atoms with Gasteiger partial charge in [0.1, 0.15) is 17.9 Å². The second kappa shape index (κ2) is 17.6. The molecule has 3 fully saturated rings. The standard InChI is InChI=1S/C44H48ClF3N6O5S/c1-6-29-24-34(54-41(60)53(40(58)43(54,4)5)33-9-7-31(26-49)35(25-33)44(46,47)48)10-11-36(29)59-18-17-51-13-15-52(16-14-51)42(2,3)37(55)23-28-19-27(21-32(45)22-28)20-30-8-12-38(56)50-39(30)57/h7,9-11,19,21-22,24-25,30H,6,8,12-18,20,23H2,1-5H3,(H,50,56,57). The maximum absolute atomic E-state index is 13.8. The lowest BCUT2D eigenvalue weighted by molar-refractivity contribution is -0.138. The predicted octanol–water partition coefficient (Wildman–Crippen LogP) is 6.89. The van der Waals surface area contributed by atoms with Crippen molar-refractivity contribution in [3.63, 3.8) is 0 Å². The number of carbonyl (C=O) groups excluding carboxylic acids is 4. The van der Waals surface area contributed by atoms with Crippen LogP contribution in [0.1, 0.15) is 75.3 Å². The van der Waals surface area contributed by atoms with Gasteiger partial charge in [-0.3, -0.25) is 39.2 Å². The van der Waals surface area contributed by atoms with Crippen molar-refractivity contribution in [2.75, 3.05) is 49.1 Å². The Morgan fingerprint density at radius 2 is 1.68 bits per heavy atom. The van der Waals surface area contributed by atoms with E-state index in [4.69, 9.17) is 28.6 Å². The number of hydrogen-bond donors (Lipinski definition) is 1. The van der Waals surface area contributed by atoms with Gasteiger partial charge >= 0.3 is 6.18 Å². The Hall–Kier alpha value is -4.88. The number of amides is 3. The highest BCUT2D eigenvalue weighted by atomic mass is 35.5. The number of rotatable bonds is 13. The van der Waals surface area contributed by atoms with Crippen molar-refractivity contribution in [2.24, 2.45) is 5.92 Å². The summed E-state index contributed by atoms with van der Waals surface area (Å²) in [6.45, 7) is 13.1. The summed E-state index contributed by atoms with van der Waals surface area (Å²) in [5, 5.41) is 12.2. The topological polar surface area (TPSA) is 126 Å². The van der Waals surface area contributed by atoms with Crippen molar-refractivity contribution in [2.45, 2.75) is 84.0 Å². The van der Waals surface area contributed by atoms with Gasteiger partial charge in [0.05, 0.1) is 28.4 Å². The van der Waals surface area contributed by atoms with Crippen LogP contribution in [-0.4, -0.2) is 88.8 Å². The first-order chi connectivity index (χ1) is 28.2. The molecule has 0 radical (unpaired) electrons. The number of aryl methyl sites for hydroxylation is 1. The zero-order valence-corrected chi connectivity index (χ0v) is 35.8. The van der Waals surface area contributed by atoms with Gasteiger partial charge in [-0.25, -0.2) is 0 Å². The summed E-state index contributed by atoms with van der Waals surface area (Å²) < 4.78 is 47.6. The summed E-state index contributed by atoms with van der Waals surface area (Å²) >= 11 is 12.2. The monoisotopic (exact) mass is 864 g/mol. The fourth-order valence-corrected chi connectivity index (χ4v) is 8.93. The molecule has 1 atom stereocenters. The summed E-state index contributed by atoms with van der Waals surface area (Å²) in [5.74, 6) is -0.638. The molecule has 16 heteroatoms. The van der Waals surface area contributed by atoms with E-state index in [-0.39, 0.29) is 40.7 Å². The van der Waals surface area contributed by atoms with Crippen LogP contribution in [0.2, 0.25) is 5.02 Å². The molecule has 3 heterocycles. The smallest absolute Gasteiger partial charge is 0.417 e. The van der Waals surface area contributed by atoms with E-state index in [1.165, 1.54) is 6.07 Å². The molecule has 6 rings (SSSR count).